The number of hydrogen-bond donors (Lipinski definition) is 2. The van der Waals surface area contributed by atoms with Crippen LogP contribution in [0, 0.1) is 37.3 Å². The molecule has 0 atom stereocenters. The van der Waals surface area contributed by atoms with Crippen LogP contribution in [0.25, 0.3) is 5.57 Å². The summed E-state index contributed by atoms with van der Waals surface area (Å²) in [4.78, 5) is 17.9. The molecule has 0 aliphatic carbocycles. The van der Waals surface area contributed by atoms with Gasteiger partial charge >= 0.3 is 6.85 Å². The van der Waals surface area contributed by atoms with Crippen molar-refractivity contribution in [1.82, 2.24) is 9.79 Å². The molecule has 1 aliphatic rings. The Morgan fingerprint density at radius 2 is 1.48 bits per heavy atom. The predicted octanol–water partition coefficient (Wildman–Crippen LogP) is 4.57. The summed E-state index contributed by atoms with van der Waals surface area (Å²) in [6.07, 6.45) is 1.72. The molecule has 1 amide bonds. The highest BCUT2D eigenvalue weighted by atomic mass is 16.5. The minimum atomic E-state index is -0.491. The Balaban J connectivity index is 2.30. The molecular weight excluding hydrogens is 603 g/mol. The van der Waals surface area contributed by atoms with Gasteiger partial charge in [-0.05, 0) is 80.5 Å². The van der Waals surface area contributed by atoms with Crippen molar-refractivity contribution < 1.29 is 23.7 Å². The van der Waals surface area contributed by atoms with Gasteiger partial charge in [-0.15, -0.1) is 11.6 Å². The molecule has 1 aromatic heterocycles. The number of ether oxygens (including phenoxy) is 4. The van der Waals surface area contributed by atoms with Crippen LogP contribution in [0.5, 0.6) is 0 Å². The molecule has 10 heteroatoms. The van der Waals surface area contributed by atoms with Crippen molar-refractivity contribution >= 4 is 24.0 Å². The first-order valence-electron chi connectivity index (χ1n) is 16.6. The van der Waals surface area contributed by atoms with Crippen molar-refractivity contribution in [3.8, 4) is 23.5 Å². The molecule has 3 N–H and O–H groups in total. The average Bonchev–Trinajstić information content (AvgIpc) is 3.51. The van der Waals surface area contributed by atoms with Crippen molar-refractivity contribution in [2.24, 2.45) is 10.7 Å². The first-order valence-corrected chi connectivity index (χ1v) is 16.6. The number of hydrogen-bond acceptors (Lipinski definition) is 7. The van der Waals surface area contributed by atoms with Gasteiger partial charge in [0.05, 0.1) is 32.1 Å². The highest BCUT2D eigenvalue weighted by Gasteiger charge is 2.30. The standard InChI is InChI=1S/C38H51BN4O5/c1-9-33-27(3)36(42-29(33)5)35(31-13-15-32(16-14-31)38(44)41-20-19-40)37-28(4)34(10-2)30(6)43(37)39(17-11-21-47-25-23-45-7)18-12-22-48-26-24-46-8/h13-16H,9-10,19-26,40H2,1-8H3,(H,41,44)/b36-35-. The van der Waals surface area contributed by atoms with E-state index in [9.17, 15) is 4.79 Å². The lowest BCUT2D eigenvalue weighted by Gasteiger charge is -2.19. The van der Waals surface area contributed by atoms with E-state index in [-0.39, 0.29) is 19.1 Å². The number of allylic oxidation sites excluding steroid dienone is 2. The summed E-state index contributed by atoms with van der Waals surface area (Å²) in [5.41, 5.74) is 16.9. The first kappa shape index (κ1) is 38.6. The number of carbonyl (C=O) groups excluding carboxylic acids is 1. The van der Waals surface area contributed by atoms with Crippen LogP contribution in [-0.4, -0.2) is 89.9 Å². The molecule has 0 saturated heterocycles. The minimum Gasteiger partial charge on any atom is -0.382 e. The number of nitrogens with one attached hydrogen (secondary N) is 1. The molecule has 0 fully saturated rings. The molecule has 0 radical (unpaired) electrons. The van der Waals surface area contributed by atoms with Crippen LogP contribution in [0.3, 0.4) is 0 Å². The number of nitrogens with two attached hydrogens (primary N) is 1. The molecule has 0 unspecified atom stereocenters. The highest BCUT2D eigenvalue weighted by molar-refractivity contribution is 6.74. The van der Waals surface area contributed by atoms with Gasteiger partial charge in [-0.2, -0.15) is 0 Å². The Hall–Kier alpha value is -3.90. The van der Waals surface area contributed by atoms with Crippen LogP contribution in [-0.2, 0) is 25.4 Å². The Bertz CT molecular complexity index is 1600. The van der Waals surface area contributed by atoms with Gasteiger partial charge in [-0.1, -0.05) is 37.8 Å². The second-order valence-corrected chi connectivity index (χ2v) is 11.4. The van der Waals surface area contributed by atoms with Crippen LogP contribution < -0.4 is 11.1 Å². The molecule has 1 aliphatic heterocycles. The van der Waals surface area contributed by atoms with Crippen molar-refractivity contribution in [2.45, 2.75) is 54.4 Å². The summed E-state index contributed by atoms with van der Waals surface area (Å²) in [6, 6.07) is 7.71. The topological polar surface area (TPSA) is 109 Å². The van der Waals surface area contributed by atoms with E-state index >= 15 is 0 Å². The second-order valence-electron chi connectivity index (χ2n) is 11.4. The summed E-state index contributed by atoms with van der Waals surface area (Å²) >= 11 is 0. The second kappa shape index (κ2) is 19.8. The number of aliphatic imine (C=N–C) groups is 1. The monoisotopic (exact) mass is 654 g/mol. The van der Waals surface area contributed by atoms with Crippen LogP contribution in [0.1, 0.15) is 72.6 Å². The molecule has 3 rings (SSSR count). The van der Waals surface area contributed by atoms with Crippen LogP contribution >= 0.6 is 0 Å². The van der Waals surface area contributed by atoms with E-state index < -0.39 is 6.85 Å². The van der Waals surface area contributed by atoms with E-state index in [1.807, 2.05) is 24.3 Å². The summed E-state index contributed by atoms with van der Waals surface area (Å²) in [5, 5.41) is 2.86. The maximum Gasteiger partial charge on any atom is 0.433 e. The van der Waals surface area contributed by atoms with Crippen molar-refractivity contribution in [3.63, 3.8) is 0 Å². The molecule has 256 valence electrons. The van der Waals surface area contributed by atoms with E-state index in [1.54, 1.807) is 14.2 Å². The summed E-state index contributed by atoms with van der Waals surface area (Å²) in [5.74, 6) is 13.1. The lowest BCUT2D eigenvalue weighted by Crippen LogP contribution is -2.28. The Labute approximate surface area is 287 Å². The molecule has 1 aromatic carbocycles. The number of benzene rings is 1. The lowest BCUT2D eigenvalue weighted by atomic mass is 9.63. The smallest absolute Gasteiger partial charge is 0.382 e. The van der Waals surface area contributed by atoms with Crippen molar-refractivity contribution in [1.29, 1.82) is 0 Å². The van der Waals surface area contributed by atoms with Crippen LogP contribution in [0.4, 0.5) is 0 Å². The van der Waals surface area contributed by atoms with Gasteiger partial charge in [0, 0.05) is 55.5 Å². The summed E-state index contributed by atoms with van der Waals surface area (Å²) < 4.78 is 23.8. The van der Waals surface area contributed by atoms with Gasteiger partial charge in [0.2, 0.25) is 0 Å². The number of rotatable bonds is 16. The van der Waals surface area contributed by atoms with Gasteiger partial charge in [0.1, 0.15) is 13.2 Å². The zero-order valence-electron chi connectivity index (χ0n) is 30.0. The molecule has 0 spiro atoms. The zero-order valence-corrected chi connectivity index (χ0v) is 30.0. The van der Waals surface area contributed by atoms with Gasteiger partial charge in [-0.25, -0.2) is 0 Å². The van der Waals surface area contributed by atoms with Crippen LogP contribution in [0.2, 0.25) is 0 Å². The predicted molar refractivity (Wildman–Crippen MR) is 195 cm³/mol. The number of nitrogens with zero attached hydrogens (tertiary/aromatic N) is 2. The third-order valence-corrected chi connectivity index (χ3v) is 8.37. The van der Waals surface area contributed by atoms with Gasteiger partial charge in [-0.3, -0.25) is 9.79 Å². The number of aromatic nitrogens is 1. The summed E-state index contributed by atoms with van der Waals surface area (Å²) in [7, 11) is 3.29. The molecule has 2 aromatic rings. The quantitative estimate of drug-likeness (QED) is 0.156. The normalized spacial score (nSPS) is 13.5. The number of carbonyl (C=O) groups is 1. The Morgan fingerprint density at radius 1 is 0.896 bits per heavy atom. The maximum absolute atomic E-state index is 12.8. The first-order chi connectivity index (χ1) is 23.2. The van der Waals surface area contributed by atoms with Gasteiger partial charge in [0.25, 0.3) is 5.91 Å². The molecule has 2 heterocycles. The fourth-order valence-electron chi connectivity index (χ4n) is 5.99. The average molecular weight is 655 g/mol. The molecule has 48 heavy (non-hydrogen) atoms. The Kier molecular flexibility index (Phi) is 15.9. The van der Waals surface area contributed by atoms with E-state index in [2.05, 4.69) is 74.8 Å². The number of amides is 1. The van der Waals surface area contributed by atoms with E-state index in [0.29, 0.717) is 45.1 Å². The molecule has 0 saturated carbocycles. The lowest BCUT2D eigenvalue weighted by molar-refractivity contribution is 0.0877. The van der Waals surface area contributed by atoms with Gasteiger partial charge in [0.15, 0.2) is 0 Å². The highest BCUT2D eigenvalue weighted by Crippen LogP contribution is 2.40. The number of methoxy groups -OCH3 is 2. The SMILES string of the molecule is CCC1=C(C)/C(=C(\c2ccc(C(=O)NCCN)cc2)c2c(C)c(CC)c(C)n2B(C#CCOCCOC)C#CCOCCOC)N=C1C. The van der Waals surface area contributed by atoms with Gasteiger partial charge < -0.3 is 34.5 Å². The van der Waals surface area contributed by atoms with E-state index in [0.717, 1.165) is 57.9 Å². The summed E-state index contributed by atoms with van der Waals surface area (Å²) in [6.45, 7) is 15.6. The van der Waals surface area contributed by atoms with E-state index in [4.69, 9.17) is 29.7 Å². The fraction of sp³-hybridized carbons (Fsp3) is 0.474. The molecule has 0 bridgehead atoms. The molecular formula is C38H51BN4O5. The van der Waals surface area contributed by atoms with E-state index in [1.165, 1.54) is 11.1 Å². The van der Waals surface area contributed by atoms with Crippen molar-refractivity contribution in [2.75, 3.05) is 67.0 Å². The minimum absolute atomic E-state index is 0.157. The van der Waals surface area contributed by atoms with Crippen LogP contribution in [0.15, 0.2) is 46.1 Å². The molecule has 9 nitrogen and oxygen atoms in total. The third-order valence-electron chi connectivity index (χ3n) is 8.37. The fourth-order valence-corrected chi connectivity index (χ4v) is 5.99. The maximum atomic E-state index is 12.8. The third kappa shape index (κ3) is 9.60. The largest absolute Gasteiger partial charge is 0.433 e. The zero-order chi connectivity index (χ0) is 35.1. The Morgan fingerprint density at radius 3 is 1.98 bits per heavy atom. The van der Waals surface area contributed by atoms with Crippen molar-refractivity contribution in [3.05, 3.63) is 74.8 Å².